The summed E-state index contributed by atoms with van der Waals surface area (Å²) in [6.45, 7) is 2.59. The summed E-state index contributed by atoms with van der Waals surface area (Å²) < 4.78 is 40.1. The van der Waals surface area contributed by atoms with Crippen molar-refractivity contribution in [2.45, 2.75) is 17.8 Å². The lowest BCUT2D eigenvalue weighted by Crippen LogP contribution is -2.38. The molecule has 0 radical (unpaired) electrons. The first kappa shape index (κ1) is 18.5. The Morgan fingerprint density at radius 3 is 2.35 bits per heavy atom. The molecule has 0 aliphatic rings. The Balaban J connectivity index is 4.72. The van der Waals surface area contributed by atoms with Gasteiger partial charge in [0.2, 0.25) is 0 Å². The van der Waals surface area contributed by atoms with Crippen LogP contribution >= 0.6 is 0 Å². The maximum absolute atomic E-state index is 11.5. The van der Waals surface area contributed by atoms with E-state index < -0.39 is 46.4 Å². The smallest absolute Gasteiger partial charge is 0.327 e. The Labute approximate surface area is 115 Å². The molecular formula is C10H16O9S. The molecule has 3 N–H and O–H groups in total. The van der Waals surface area contributed by atoms with E-state index in [2.05, 4.69) is 11.3 Å². The van der Waals surface area contributed by atoms with Crippen molar-refractivity contribution in [1.82, 2.24) is 0 Å². The van der Waals surface area contributed by atoms with Crippen LogP contribution in [0.5, 0.6) is 0 Å². The third kappa shape index (κ3) is 7.19. The third-order valence-corrected chi connectivity index (χ3v) is 3.09. The second-order valence-electron chi connectivity index (χ2n) is 3.67. The number of aliphatic hydroxyl groups excluding tert-OH is 1. The molecule has 9 nitrogen and oxygen atoms in total. The zero-order valence-electron chi connectivity index (χ0n) is 10.5. The maximum atomic E-state index is 11.5. The first-order valence-corrected chi connectivity index (χ1v) is 6.90. The van der Waals surface area contributed by atoms with Crippen LogP contribution in [0, 0.1) is 0 Å². The van der Waals surface area contributed by atoms with Crippen LogP contribution in [-0.2, 0) is 29.2 Å². The predicted octanol–water partition coefficient (Wildman–Crippen LogP) is -1.18. The molecule has 0 aromatic carbocycles. The highest BCUT2D eigenvalue weighted by Crippen LogP contribution is 2.09. The topological polar surface area (TPSA) is 147 Å². The zero-order chi connectivity index (χ0) is 15.8. The van der Waals surface area contributed by atoms with Crippen LogP contribution in [0.2, 0.25) is 0 Å². The molecule has 0 amide bonds. The summed E-state index contributed by atoms with van der Waals surface area (Å²) >= 11 is 0. The van der Waals surface area contributed by atoms with E-state index in [1.54, 1.807) is 0 Å². The van der Waals surface area contributed by atoms with Gasteiger partial charge in [-0.3, -0.25) is 14.1 Å². The Morgan fingerprint density at radius 2 is 1.95 bits per heavy atom. The van der Waals surface area contributed by atoms with Crippen molar-refractivity contribution in [3.05, 3.63) is 12.7 Å². The number of hydrogen-bond donors (Lipinski definition) is 3. The Bertz CT molecular complexity index is 442. The van der Waals surface area contributed by atoms with Gasteiger partial charge in [0, 0.05) is 0 Å². The number of hydrogen-bond acceptors (Lipinski definition) is 7. The number of esters is 1. The minimum atomic E-state index is -4.93. The van der Waals surface area contributed by atoms with E-state index >= 15 is 0 Å². The Morgan fingerprint density at radius 1 is 1.35 bits per heavy atom. The molecule has 0 aromatic rings. The minimum absolute atomic E-state index is 0.116. The van der Waals surface area contributed by atoms with Gasteiger partial charge >= 0.3 is 11.9 Å². The molecular weight excluding hydrogens is 296 g/mol. The number of carboxylic acid groups (broad SMARTS) is 1. The van der Waals surface area contributed by atoms with E-state index in [0.717, 1.165) is 0 Å². The van der Waals surface area contributed by atoms with Gasteiger partial charge in [0.1, 0.15) is 6.10 Å². The Kier molecular flexibility index (Phi) is 7.99. The predicted molar refractivity (Wildman–Crippen MR) is 65.6 cm³/mol. The van der Waals surface area contributed by atoms with Gasteiger partial charge in [-0.2, -0.15) is 8.42 Å². The molecule has 2 unspecified atom stereocenters. The molecule has 0 saturated heterocycles. The van der Waals surface area contributed by atoms with E-state index in [9.17, 15) is 18.0 Å². The van der Waals surface area contributed by atoms with Crippen LogP contribution < -0.4 is 0 Å². The van der Waals surface area contributed by atoms with Crippen molar-refractivity contribution in [3.8, 4) is 0 Å². The van der Waals surface area contributed by atoms with Crippen LogP contribution in [0.15, 0.2) is 12.7 Å². The van der Waals surface area contributed by atoms with Crippen molar-refractivity contribution in [2.24, 2.45) is 0 Å². The van der Waals surface area contributed by atoms with E-state index in [0.29, 0.717) is 0 Å². The highest BCUT2D eigenvalue weighted by atomic mass is 32.2. The standard InChI is InChI=1S/C10H16O9S/c1-2-3-18-6-7(5-11)19-10(14)8(4-9(12)13)20(15,16)17/h2,7-8,11H,1,3-6H2,(H,12,13)(H,15,16,17). The lowest BCUT2D eigenvalue weighted by Gasteiger charge is -2.18. The van der Waals surface area contributed by atoms with Crippen LogP contribution in [0.25, 0.3) is 0 Å². The van der Waals surface area contributed by atoms with Crippen molar-refractivity contribution in [1.29, 1.82) is 0 Å². The fraction of sp³-hybridized carbons (Fsp3) is 0.600. The number of aliphatic hydroxyl groups is 1. The summed E-state index contributed by atoms with van der Waals surface area (Å²) in [6.07, 6.45) is -0.925. The molecule has 0 aromatic heterocycles. The van der Waals surface area contributed by atoms with Crippen molar-refractivity contribution < 1.29 is 42.2 Å². The molecule has 0 spiro atoms. The monoisotopic (exact) mass is 312 g/mol. The molecule has 10 heteroatoms. The van der Waals surface area contributed by atoms with Crippen LogP contribution in [0.4, 0.5) is 0 Å². The summed E-state index contributed by atoms with van der Waals surface area (Å²) in [7, 11) is -4.93. The second kappa shape index (κ2) is 8.64. The second-order valence-corrected chi connectivity index (χ2v) is 5.27. The van der Waals surface area contributed by atoms with Gasteiger partial charge in [0.25, 0.3) is 10.1 Å². The number of ether oxygens (including phenoxy) is 2. The molecule has 0 heterocycles. The number of carbonyl (C=O) groups is 2. The first-order chi connectivity index (χ1) is 9.22. The Hall–Kier alpha value is -1.49. The van der Waals surface area contributed by atoms with Crippen LogP contribution in [0.1, 0.15) is 6.42 Å². The van der Waals surface area contributed by atoms with Gasteiger partial charge < -0.3 is 19.7 Å². The average molecular weight is 312 g/mol. The van der Waals surface area contributed by atoms with Gasteiger partial charge in [0.15, 0.2) is 5.25 Å². The van der Waals surface area contributed by atoms with Gasteiger partial charge in [0.05, 0.1) is 26.2 Å². The number of carboxylic acids is 1. The van der Waals surface area contributed by atoms with Crippen molar-refractivity contribution >= 4 is 22.1 Å². The molecule has 0 bridgehead atoms. The highest BCUT2D eigenvalue weighted by molar-refractivity contribution is 7.87. The number of rotatable bonds is 10. The van der Waals surface area contributed by atoms with E-state index in [1.807, 2.05) is 0 Å². The van der Waals surface area contributed by atoms with Gasteiger partial charge in [-0.25, -0.2) is 0 Å². The van der Waals surface area contributed by atoms with E-state index in [4.69, 9.17) is 19.5 Å². The molecule has 0 fully saturated rings. The minimum Gasteiger partial charge on any atom is -0.481 e. The summed E-state index contributed by atoms with van der Waals surface area (Å²) in [6, 6.07) is 0. The van der Waals surface area contributed by atoms with Crippen molar-refractivity contribution in [3.63, 3.8) is 0 Å². The molecule has 0 saturated carbocycles. The van der Waals surface area contributed by atoms with E-state index in [-0.39, 0.29) is 13.2 Å². The summed E-state index contributed by atoms with van der Waals surface area (Å²) in [5.74, 6) is -3.08. The lowest BCUT2D eigenvalue weighted by atomic mass is 10.3. The summed E-state index contributed by atoms with van der Waals surface area (Å²) in [5.41, 5.74) is 0. The third-order valence-electron chi connectivity index (χ3n) is 2.01. The molecule has 20 heavy (non-hydrogen) atoms. The molecule has 0 aliphatic carbocycles. The average Bonchev–Trinajstić information content (AvgIpc) is 2.33. The fourth-order valence-electron chi connectivity index (χ4n) is 1.12. The summed E-state index contributed by atoms with van der Waals surface area (Å²) in [4.78, 5) is 22.0. The normalized spacial score (nSPS) is 14.3. The SMILES string of the molecule is C=CCOCC(CO)OC(=O)C(CC(=O)O)S(=O)(=O)O. The molecule has 116 valence electrons. The van der Waals surface area contributed by atoms with Crippen molar-refractivity contribution in [2.75, 3.05) is 19.8 Å². The maximum Gasteiger partial charge on any atom is 0.327 e. The van der Waals surface area contributed by atoms with Crippen LogP contribution in [-0.4, -0.2) is 66.3 Å². The molecule has 0 aliphatic heterocycles. The molecule has 0 rings (SSSR count). The van der Waals surface area contributed by atoms with Crippen LogP contribution in [0.3, 0.4) is 0 Å². The quantitative estimate of drug-likeness (QED) is 0.196. The summed E-state index contributed by atoms with van der Waals surface area (Å²) in [5, 5.41) is 15.2. The van der Waals surface area contributed by atoms with Gasteiger partial charge in [-0.05, 0) is 0 Å². The van der Waals surface area contributed by atoms with Gasteiger partial charge in [-0.1, -0.05) is 6.08 Å². The highest BCUT2D eigenvalue weighted by Gasteiger charge is 2.36. The zero-order valence-corrected chi connectivity index (χ0v) is 11.3. The van der Waals surface area contributed by atoms with E-state index in [1.165, 1.54) is 6.08 Å². The largest absolute Gasteiger partial charge is 0.481 e. The van der Waals surface area contributed by atoms with Gasteiger partial charge in [-0.15, -0.1) is 6.58 Å². The fourth-order valence-corrected chi connectivity index (χ4v) is 1.77. The number of carbonyl (C=O) groups excluding carboxylic acids is 1. The molecule has 2 atom stereocenters. The number of aliphatic carboxylic acids is 1. The first-order valence-electron chi connectivity index (χ1n) is 5.40. The lowest BCUT2D eigenvalue weighted by molar-refractivity contribution is -0.156.